The van der Waals surface area contributed by atoms with Crippen LogP contribution in [0.2, 0.25) is 0 Å². The number of pyridine rings is 1. The quantitative estimate of drug-likeness (QED) is 0.391. The first-order valence-corrected chi connectivity index (χ1v) is 11.3. The SMILES string of the molecule is CCc1cc(C(Nc2nc(C)cc(C)n2)c2ccccn2)c(NC(=O)c2ccccc2)s1. The lowest BCUT2D eigenvalue weighted by Crippen LogP contribution is -2.18. The maximum Gasteiger partial charge on any atom is 0.256 e. The van der Waals surface area contributed by atoms with Crippen LogP contribution in [0.3, 0.4) is 0 Å². The van der Waals surface area contributed by atoms with Crippen molar-refractivity contribution in [1.82, 2.24) is 15.0 Å². The molecule has 1 atom stereocenters. The predicted octanol–water partition coefficient (Wildman–Crippen LogP) is 5.57. The van der Waals surface area contributed by atoms with E-state index in [4.69, 9.17) is 0 Å². The molecule has 1 amide bonds. The fourth-order valence-corrected chi connectivity index (χ4v) is 4.52. The number of aryl methyl sites for hydroxylation is 3. The maximum absolute atomic E-state index is 12.9. The summed E-state index contributed by atoms with van der Waals surface area (Å²) in [5, 5.41) is 7.36. The van der Waals surface area contributed by atoms with E-state index < -0.39 is 0 Å². The normalized spacial score (nSPS) is 11.7. The lowest BCUT2D eigenvalue weighted by molar-refractivity contribution is 0.102. The molecule has 7 heteroatoms. The van der Waals surface area contributed by atoms with Crippen molar-refractivity contribution in [2.24, 2.45) is 0 Å². The van der Waals surface area contributed by atoms with Gasteiger partial charge < -0.3 is 10.6 Å². The Morgan fingerprint density at radius 1 is 1.00 bits per heavy atom. The molecule has 0 aliphatic carbocycles. The second-order valence-corrected chi connectivity index (χ2v) is 8.61. The number of carbonyl (C=O) groups is 1. The Balaban J connectivity index is 1.75. The Hall–Kier alpha value is -3.58. The summed E-state index contributed by atoms with van der Waals surface area (Å²) in [5.41, 5.74) is 4.15. The Bertz CT molecular complexity index is 1190. The third-order valence-corrected chi connectivity index (χ3v) is 6.18. The number of nitrogens with one attached hydrogen (secondary N) is 2. The number of anilines is 2. The summed E-state index contributed by atoms with van der Waals surface area (Å²) in [4.78, 5) is 27.8. The van der Waals surface area contributed by atoms with Crippen molar-refractivity contribution in [3.8, 4) is 0 Å². The molecule has 0 radical (unpaired) electrons. The van der Waals surface area contributed by atoms with Crippen LogP contribution < -0.4 is 10.6 Å². The van der Waals surface area contributed by atoms with E-state index in [-0.39, 0.29) is 11.9 Å². The molecule has 0 aliphatic rings. The summed E-state index contributed by atoms with van der Waals surface area (Å²) in [6.07, 6.45) is 2.63. The molecular formula is C25H25N5OS. The highest BCUT2D eigenvalue weighted by atomic mass is 32.1. The molecule has 0 fully saturated rings. The Kier molecular flexibility index (Phi) is 6.56. The van der Waals surface area contributed by atoms with Crippen LogP contribution in [0.5, 0.6) is 0 Å². The smallest absolute Gasteiger partial charge is 0.256 e. The summed E-state index contributed by atoms with van der Waals surface area (Å²) < 4.78 is 0. The van der Waals surface area contributed by atoms with E-state index >= 15 is 0 Å². The van der Waals surface area contributed by atoms with Gasteiger partial charge >= 0.3 is 0 Å². The lowest BCUT2D eigenvalue weighted by atomic mass is 10.0. The van der Waals surface area contributed by atoms with Gasteiger partial charge in [0.25, 0.3) is 5.91 Å². The predicted molar refractivity (Wildman–Crippen MR) is 129 cm³/mol. The molecule has 3 aromatic heterocycles. The van der Waals surface area contributed by atoms with Crippen molar-refractivity contribution >= 4 is 28.2 Å². The fraction of sp³-hybridized carbons (Fsp3) is 0.200. The number of thiophene rings is 1. The van der Waals surface area contributed by atoms with E-state index in [1.165, 1.54) is 4.88 Å². The van der Waals surface area contributed by atoms with E-state index in [9.17, 15) is 4.79 Å². The van der Waals surface area contributed by atoms with Gasteiger partial charge in [0.05, 0.1) is 11.7 Å². The van der Waals surface area contributed by atoms with Gasteiger partial charge in [0.2, 0.25) is 5.95 Å². The van der Waals surface area contributed by atoms with Crippen LogP contribution in [0.15, 0.2) is 66.9 Å². The Morgan fingerprint density at radius 3 is 2.38 bits per heavy atom. The molecule has 32 heavy (non-hydrogen) atoms. The molecule has 0 saturated carbocycles. The van der Waals surface area contributed by atoms with Gasteiger partial charge in [0, 0.05) is 33.6 Å². The maximum atomic E-state index is 12.9. The number of carbonyl (C=O) groups excluding carboxylic acids is 1. The van der Waals surface area contributed by atoms with Crippen molar-refractivity contribution in [2.75, 3.05) is 10.6 Å². The minimum Gasteiger partial charge on any atom is -0.342 e. The van der Waals surface area contributed by atoms with Crippen LogP contribution in [0.25, 0.3) is 0 Å². The number of aromatic nitrogens is 3. The topological polar surface area (TPSA) is 79.8 Å². The number of benzene rings is 1. The van der Waals surface area contributed by atoms with Crippen LogP contribution >= 0.6 is 11.3 Å². The van der Waals surface area contributed by atoms with Crippen LogP contribution in [-0.2, 0) is 6.42 Å². The molecule has 4 rings (SSSR count). The average Bonchev–Trinajstić information content (AvgIpc) is 3.20. The van der Waals surface area contributed by atoms with Gasteiger partial charge in [0.1, 0.15) is 5.00 Å². The summed E-state index contributed by atoms with van der Waals surface area (Å²) in [6.45, 7) is 6.00. The molecule has 162 valence electrons. The van der Waals surface area contributed by atoms with Crippen molar-refractivity contribution in [1.29, 1.82) is 0 Å². The Labute approximate surface area is 191 Å². The average molecular weight is 444 g/mol. The van der Waals surface area contributed by atoms with Crippen molar-refractivity contribution in [3.05, 3.63) is 99.9 Å². The van der Waals surface area contributed by atoms with Crippen molar-refractivity contribution in [3.63, 3.8) is 0 Å². The zero-order valence-electron chi connectivity index (χ0n) is 18.3. The molecule has 1 unspecified atom stereocenters. The zero-order valence-corrected chi connectivity index (χ0v) is 19.1. The zero-order chi connectivity index (χ0) is 22.5. The second kappa shape index (κ2) is 9.70. The molecule has 0 aliphatic heterocycles. The number of nitrogens with zero attached hydrogens (tertiary/aromatic N) is 3. The van der Waals surface area contributed by atoms with E-state index in [0.717, 1.165) is 34.1 Å². The number of hydrogen-bond donors (Lipinski definition) is 2. The number of hydrogen-bond acceptors (Lipinski definition) is 6. The van der Waals surface area contributed by atoms with Gasteiger partial charge in [-0.15, -0.1) is 11.3 Å². The van der Waals surface area contributed by atoms with Gasteiger partial charge in [0.15, 0.2) is 0 Å². The van der Waals surface area contributed by atoms with E-state index in [1.54, 1.807) is 29.7 Å². The summed E-state index contributed by atoms with van der Waals surface area (Å²) in [6, 6.07) is 18.8. The van der Waals surface area contributed by atoms with Crippen LogP contribution in [-0.4, -0.2) is 20.9 Å². The summed E-state index contributed by atoms with van der Waals surface area (Å²) in [7, 11) is 0. The van der Waals surface area contributed by atoms with Crippen molar-refractivity contribution < 1.29 is 4.79 Å². The molecule has 6 nitrogen and oxygen atoms in total. The van der Waals surface area contributed by atoms with E-state index in [0.29, 0.717) is 11.5 Å². The minimum absolute atomic E-state index is 0.140. The monoisotopic (exact) mass is 443 g/mol. The first kappa shape index (κ1) is 21.6. The molecule has 1 aromatic carbocycles. The first-order valence-electron chi connectivity index (χ1n) is 10.5. The minimum atomic E-state index is -0.319. The van der Waals surface area contributed by atoms with Crippen LogP contribution in [0.1, 0.15) is 50.8 Å². The lowest BCUT2D eigenvalue weighted by Gasteiger charge is -2.20. The van der Waals surface area contributed by atoms with E-state index in [2.05, 4.69) is 38.6 Å². The highest BCUT2D eigenvalue weighted by Gasteiger charge is 2.24. The third kappa shape index (κ3) is 5.00. The van der Waals surface area contributed by atoms with E-state index in [1.807, 2.05) is 56.3 Å². The first-order chi connectivity index (χ1) is 15.5. The van der Waals surface area contributed by atoms with Crippen LogP contribution in [0, 0.1) is 13.8 Å². The molecule has 3 heterocycles. The third-order valence-electron chi connectivity index (χ3n) is 4.97. The number of rotatable bonds is 7. The highest BCUT2D eigenvalue weighted by molar-refractivity contribution is 7.16. The number of amides is 1. The Morgan fingerprint density at radius 2 is 1.72 bits per heavy atom. The molecule has 2 N–H and O–H groups in total. The van der Waals surface area contributed by atoms with Gasteiger partial charge in [-0.25, -0.2) is 9.97 Å². The van der Waals surface area contributed by atoms with Gasteiger partial charge in [-0.1, -0.05) is 31.2 Å². The largest absolute Gasteiger partial charge is 0.342 e. The van der Waals surface area contributed by atoms with Crippen molar-refractivity contribution in [2.45, 2.75) is 33.2 Å². The van der Waals surface area contributed by atoms with Gasteiger partial charge in [-0.3, -0.25) is 9.78 Å². The molecule has 0 saturated heterocycles. The van der Waals surface area contributed by atoms with Gasteiger partial charge in [-0.05, 0) is 56.7 Å². The summed E-state index contributed by atoms with van der Waals surface area (Å²) >= 11 is 1.58. The molecule has 0 bridgehead atoms. The standard InChI is InChI=1S/C25H25N5OS/c1-4-19-15-20(24(32-19)30-23(31)18-10-6-5-7-11-18)22(21-12-8-9-13-26-21)29-25-27-16(2)14-17(3)28-25/h5-15,22H,4H2,1-3H3,(H,30,31)(H,27,28,29). The summed E-state index contributed by atoms with van der Waals surface area (Å²) in [5.74, 6) is 0.390. The molecular weight excluding hydrogens is 418 g/mol. The second-order valence-electron chi connectivity index (χ2n) is 7.48. The highest BCUT2D eigenvalue weighted by Crippen LogP contribution is 2.37. The molecule has 4 aromatic rings. The molecule has 0 spiro atoms. The fourth-order valence-electron chi connectivity index (χ4n) is 3.49. The van der Waals surface area contributed by atoms with Gasteiger partial charge in [-0.2, -0.15) is 0 Å². The van der Waals surface area contributed by atoms with Crippen LogP contribution in [0.4, 0.5) is 10.9 Å².